The molecule has 1 saturated heterocycles. The summed E-state index contributed by atoms with van der Waals surface area (Å²) in [6.07, 6.45) is 1.02. The molecule has 5 nitrogen and oxygen atoms in total. The molecule has 0 aliphatic carbocycles. The van der Waals surface area contributed by atoms with Gasteiger partial charge in [0.05, 0.1) is 11.5 Å². The SMILES string of the molecule is C[C@@H](Sc1nnc(C[C@@H]2CCS(=O)(=O)C2)o1)c1ccc(F)cc1F. The molecule has 0 radical (unpaired) electrons. The Kier molecular flexibility index (Phi) is 4.91. The molecule has 1 aliphatic rings. The van der Waals surface area contributed by atoms with Crippen LogP contribution in [0.15, 0.2) is 27.8 Å². The molecule has 0 bridgehead atoms. The van der Waals surface area contributed by atoms with Crippen LogP contribution in [0.5, 0.6) is 0 Å². The zero-order valence-corrected chi connectivity index (χ0v) is 14.5. The van der Waals surface area contributed by atoms with Crippen LogP contribution in [0.1, 0.15) is 30.0 Å². The fourth-order valence-electron chi connectivity index (χ4n) is 2.69. The topological polar surface area (TPSA) is 73.1 Å². The standard InChI is InChI=1S/C15H16F2N2O3S2/c1-9(12-3-2-11(16)7-13(12)17)23-15-19-18-14(22-15)6-10-4-5-24(20,21)8-10/h2-3,7,9-10H,4-6,8H2,1H3/t9-,10+/m1/s1. The van der Waals surface area contributed by atoms with E-state index in [1.807, 2.05) is 0 Å². The van der Waals surface area contributed by atoms with E-state index in [2.05, 4.69) is 10.2 Å². The third-order valence-electron chi connectivity index (χ3n) is 3.92. The highest BCUT2D eigenvalue weighted by Gasteiger charge is 2.29. The van der Waals surface area contributed by atoms with Gasteiger partial charge in [0.1, 0.15) is 11.6 Å². The molecule has 0 N–H and O–H groups in total. The monoisotopic (exact) mass is 374 g/mol. The van der Waals surface area contributed by atoms with Gasteiger partial charge in [-0.05, 0) is 25.3 Å². The molecule has 2 heterocycles. The van der Waals surface area contributed by atoms with E-state index >= 15 is 0 Å². The minimum atomic E-state index is -2.94. The van der Waals surface area contributed by atoms with Crippen molar-refractivity contribution in [3.8, 4) is 0 Å². The van der Waals surface area contributed by atoms with Crippen molar-refractivity contribution in [2.24, 2.45) is 5.92 Å². The van der Waals surface area contributed by atoms with E-state index in [9.17, 15) is 17.2 Å². The first-order valence-corrected chi connectivity index (χ1v) is 10.2. The first-order valence-electron chi connectivity index (χ1n) is 7.47. The summed E-state index contributed by atoms with van der Waals surface area (Å²) in [6.45, 7) is 1.76. The number of hydrogen-bond acceptors (Lipinski definition) is 6. The Labute approximate surface area is 142 Å². The highest BCUT2D eigenvalue weighted by Crippen LogP contribution is 2.35. The van der Waals surface area contributed by atoms with Crippen molar-refractivity contribution in [3.05, 3.63) is 41.3 Å². The van der Waals surface area contributed by atoms with Crippen LogP contribution in [-0.2, 0) is 16.3 Å². The number of hydrogen-bond donors (Lipinski definition) is 0. The zero-order chi connectivity index (χ0) is 17.3. The second-order valence-electron chi connectivity index (χ2n) is 5.86. The lowest BCUT2D eigenvalue weighted by Crippen LogP contribution is -2.07. The summed E-state index contributed by atoms with van der Waals surface area (Å²) in [5.74, 6) is -0.513. The summed E-state index contributed by atoms with van der Waals surface area (Å²) in [5, 5.41) is 7.78. The summed E-state index contributed by atoms with van der Waals surface area (Å²) in [6, 6.07) is 3.43. The summed E-state index contributed by atoms with van der Waals surface area (Å²) in [5.41, 5.74) is 0.350. The van der Waals surface area contributed by atoms with Gasteiger partial charge in [-0.3, -0.25) is 0 Å². The number of rotatable bonds is 5. The fourth-order valence-corrected chi connectivity index (χ4v) is 5.41. The van der Waals surface area contributed by atoms with Crippen molar-refractivity contribution < 1.29 is 21.6 Å². The predicted molar refractivity (Wildman–Crippen MR) is 85.4 cm³/mol. The Balaban J connectivity index is 1.63. The Bertz CT molecular complexity index is 839. The van der Waals surface area contributed by atoms with Gasteiger partial charge >= 0.3 is 0 Å². The second-order valence-corrected chi connectivity index (χ2v) is 9.38. The molecule has 1 aliphatic heterocycles. The summed E-state index contributed by atoms with van der Waals surface area (Å²) < 4.78 is 55.2. The van der Waals surface area contributed by atoms with Crippen LogP contribution in [0.2, 0.25) is 0 Å². The van der Waals surface area contributed by atoms with Gasteiger partial charge in [0.25, 0.3) is 5.22 Å². The van der Waals surface area contributed by atoms with E-state index in [1.54, 1.807) is 6.92 Å². The molecule has 0 unspecified atom stereocenters. The molecule has 3 rings (SSSR count). The van der Waals surface area contributed by atoms with Crippen molar-refractivity contribution in [1.29, 1.82) is 0 Å². The Morgan fingerprint density at radius 1 is 1.38 bits per heavy atom. The molecule has 0 amide bonds. The molecule has 2 atom stereocenters. The van der Waals surface area contributed by atoms with Crippen molar-refractivity contribution >= 4 is 21.6 Å². The first-order chi connectivity index (χ1) is 11.3. The first kappa shape index (κ1) is 17.3. The number of halogens is 2. The van der Waals surface area contributed by atoms with Crippen molar-refractivity contribution in [1.82, 2.24) is 10.2 Å². The van der Waals surface area contributed by atoms with Gasteiger partial charge < -0.3 is 4.42 Å². The maximum Gasteiger partial charge on any atom is 0.277 e. The smallest absolute Gasteiger partial charge is 0.277 e. The van der Waals surface area contributed by atoms with E-state index < -0.39 is 21.5 Å². The summed E-state index contributed by atoms with van der Waals surface area (Å²) in [4.78, 5) is 0. The van der Waals surface area contributed by atoms with Gasteiger partial charge in [0, 0.05) is 23.3 Å². The summed E-state index contributed by atoms with van der Waals surface area (Å²) in [7, 11) is -2.94. The lowest BCUT2D eigenvalue weighted by atomic mass is 10.1. The highest BCUT2D eigenvalue weighted by molar-refractivity contribution is 7.99. The van der Waals surface area contributed by atoms with Crippen molar-refractivity contribution in [3.63, 3.8) is 0 Å². The van der Waals surface area contributed by atoms with Crippen LogP contribution in [0.25, 0.3) is 0 Å². The molecule has 24 heavy (non-hydrogen) atoms. The third-order valence-corrected chi connectivity index (χ3v) is 6.73. The van der Waals surface area contributed by atoms with Gasteiger partial charge in [-0.1, -0.05) is 17.8 Å². The lowest BCUT2D eigenvalue weighted by molar-refractivity contribution is 0.389. The van der Waals surface area contributed by atoms with Gasteiger partial charge in [0.15, 0.2) is 9.84 Å². The van der Waals surface area contributed by atoms with Crippen molar-refractivity contribution in [2.75, 3.05) is 11.5 Å². The normalized spacial score (nSPS) is 21.0. The van der Waals surface area contributed by atoms with E-state index in [1.165, 1.54) is 23.9 Å². The van der Waals surface area contributed by atoms with Crippen LogP contribution in [0, 0.1) is 17.6 Å². The minimum Gasteiger partial charge on any atom is -0.416 e. The average Bonchev–Trinajstić information content (AvgIpc) is 3.05. The number of benzene rings is 1. The average molecular weight is 374 g/mol. The van der Waals surface area contributed by atoms with E-state index in [-0.39, 0.29) is 27.9 Å². The molecular weight excluding hydrogens is 358 g/mol. The van der Waals surface area contributed by atoms with Crippen LogP contribution >= 0.6 is 11.8 Å². The quantitative estimate of drug-likeness (QED) is 0.749. The van der Waals surface area contributed by atoms with Crippen LogP contribution in [0.3, 0.4) is 0 Å². The van der Waals surface area contributed by atoms with E-state index in [0.29, 0.717) is 24.3 Å². The number of sulfone groups is 1. The highest BCUT2D eigenvalue weighted by atomic mass is 32.2. The predicted octanol–water partition coefficient (Wildman–Crippen LogP) is 3.18. The Morgan fingerprint density at radius 3 is 2.83 bits per heavy atom. The van der Waals surface area contributed by atoms with Crippen LogP contribution in [-0.4, -0.2) is 30.1 Å². The molecule has 0 saturated carbocycles. The van der Waals surface area contributed by atoms with Gasteiger partial charge in [-0.25, -0.2) is 17.2 Å². The molecule has 130 valence electrons. The van der Waals surface area contributed by atoms with Crippen LogP contribution in [0.4, 0.5) is 8.78 Å². The molecule has 1 aromatic carbocycles. The molecule has 2 aromatic rings. The van der Waals surface area contributed by atoms with E-state index in [4.69, 9.17) is 4.42 Å². The lowest BCUT2D eigenvalue weighted by Gasteiger charge is -2.09. The molecule has 1 aromatic heterocycles. The Hall–Kier alpha value is -1.48. The summed E-state index contributed by atoms with van der Waals surface area (Å²) >= 11 is 1.17. The third kappa shape index (κ3) is 4.13. The number of aromatic nitrogens is 2. The largest absolute Gasteiger partial charge is 0.416 e. The number of nitrogens with zero attached hydrogens (tertiary/aromatic N) is 2. The maximum absolute atomic E-state index is 13.8. The molecular formula is C15H16F2N2O3S2. The second kappa shape index (κ2) is 6.79. The van der Waals surface area contributed by atoms with Crippen molar-refractivity contribution in [2.45, 2.75) is 30.2 Å². The maximum atomic E-state index is 13.8. The van der Waals surface area contributed by atoms with Gasteiger partial charge in [-0.2, -0.15) is 0 Å². The molecule has 9 heteroatoms. The minimum absolute atomic E-state index is 0.000247. The van der Waals surface area contributed by atoms with Gasteiger partial charge in [-0.15, -0.1) is 10.2 Å². The fraction of sp³-hybridized carbons (Fsp3) is 0.467. The van der Waals surface area contributed by atoms with Gasteiger partial charge in [0.2, 0.25) is 5.89 Å². The molecule has 1 fully saturated rings. The van der Waals surface area contributed by atoms with E-state index in [0.717, 1.165) is 6.07 Å². The Morgan fingerprint density at radius 2 is 2.17 bits per heavy atom. The molecule has 0 spiro atoms. The number of thioether (sulfide) groups is 1. The van der Waals surface area contributed by atoms with Crippen LogP contribution < -0.4 is 0 Å². The zero-order valence-electron chi connectivity index (χ0n) is 12.9.